The Morgan fingerprint density at radius 2 is 1.68 bits per heavy atom. The largest absolute Gasteiger partial charge is 0.433 e. The predicted octanol–water partition coefficient (Wildman–Crippen LogP) is 2.79. The molecule has 0 aliphatic rings. The van der Waals surface area contributed by atoms with Crippen molar-refractivity contribution in [2.24, 2.45) is 0 Å². The number of amides is 2. The predicted molar refractivity (Wildman–Crippen MR) is 78.7 cm³/mol. The number of carbonyl (C=O) groups is 2. The lowest BCUT2D eigenvalue weighted by atomic mass is 10.2. The molecule has 0 atom stereocenters. The lowest BCUT2D eigenvalue weighted by Crippen LogP contribution is -2.11. The van der Waals surface area contributed by atoms with Crippen molar-refractivity contribution in [3.8, 4) is 0 Å². The Kier molecular flexibility index (Phi) is 4.52. The van der Waals surface area contributed by atoms with Crippen LogP contribution in [0.25, 0.3) is 0 Å². The number of nitrogens with one attached hydrogen (secondary N) is 2. The summed E-state index contributed by atoms with van der Waals surface area (Å²) in [5.41, 5.74) is 1.08. The van der Waals surface area contributed by atoms with Gasteiger partial charge in [0.05, 0.1) is 6.07 Å². The molecule has 8 nitrogen and oxygen atoms in total. The van der Waals surface area contributed by atoms with Gasteiger partial charge >= 0.3 is 5.88 Å². The summed E-state index contributed by atoms with van der Waals surface area (Å²) in [6.07, 6.45) is 0.371. The van der Waals surface area contributed by atoms with E-state index in [1.54, 1.807) is 31.2 Å². The number of hydrogen-bond donors (Lipinski definition) is 2. The number of nitrogens with zero attached hydrogens (tertiary/aromatic N) is 1. The molecular weight excluding hydrogens is 290 g/mol. The summed E-state index contributed by atoms with van der Waals surface area (Å²) >= 11 is 0. The van der Waals surface area contributed by atoms with E-state index < -0.39 is 16.7 Å². The molecule has 2 amide bonds. The van der Waals surface area contributed by atoms with Gasteiger partial charge in [0, 0.05) is 17.8 Å². The van der Waals surface area contributed by atoms with Gasteiger partial charge < -0.3 is 15.1 Å². The average molecular weight is 303 g/mol. The second-order valence-electron chi connectivity index (χ2n) is 4.33. The van der Waals surface area contributed by atoms with Gasteiger partial charge in [-0.15, -0.1) is 0 Å². The molecule has 0 spiro atoms. The van der Waals surface area contributed by atoms with E-state index in [0.29, 0.717) is 17.8 Å². The van der Waals surface area contributed by atoms with Gasteiger partial charge in [0.2, 0.25) is 5.91 Å². The molecule has 0 saturated carbocycles. The van der Waals surface area contributed by atoms with Crippen molar-refractivity contribution >= 4 is 29.1 Å². The van der Waals surface area contributed by atoms with E-state index >= 15 is 0 Å². The van der Waals surface area contributed by atoms with Crippen molar-refractivity contribution < 1.29 is 18.9 Å². The maximum atomic E-state index is 11.9. The van der Waals surface area contributed by atoms with Gasteiger partial charge in [-0.05, 0) is 30.3 Å². The number of furan rings is 1. The van der Waals surface area contributed by atoms with Crippen LogP contribution in [0.2, 0.25) is 0 Å². The highest BCUT2D eigenvalue weighted by molar-refractivity contribution is 6.02. The standard InChI is InChI=1S/C14H13N3O5/c1-2-12(18)15-9-3-5-10(6-4-9)16-14(19)11-7-8-13(22-11)17(20)21/h3-8H,2H2,1H3,(H,15,18)(H,16,19). The molecule has 0 bridgehead atoms. The van der Waals surface area contributed by atoms with Gasteiger partial charge in [0.25, 0.3) is 5.91 Å². The molecule has 0 aliphatic heterocycles. The maximum absolute atomic E-state index is 11.9. The second kappa shape index (κ2) is 6.53. The first kappa shape index (κ1) is 15.2. The minimum absolute atomic E-state index is 0.111. The Morgan fingerprint density at radius 3 is 2.18 bits per heavy atom. The van der Waals surface area contributed by atoms with Crippen molar-refractivity contribution in [1.29, 1.82) is 0 Å². The van der Waals surface area contributed by atoms with E-state index in [1.165, 1.54) is 6.07 Å². The zero-order valence-electron chi connectivity index (χ0n) is 11.7. The molecule has 0 saturated heterocycles. The number of anilines is 2. The fraction of sp³-hybridized carbons (Fsp3) is 0.143. The van der Waals surface area contributed by atoms with Crippen LogP contribution in [0.5, 0.6) is 0 Å². The van der Waals surface area contributed by atoms with E-state index in [9.17, 15) is 19.7 Å². The zero-order valence-corrected chi connectivity index (χ0v) is 11.7. The highest BCUT2D eigenvalue weighted by atomic mass is 16.6. The monoisotopic (exact) mass is 303 g/mol. The van der Waals surface area contributed by atoms with Crippen LogP contribution >= 0.6 is 0 Å². The van der Waals surface area contributed by atoms with E-state index in [1.807, 2.05) is 0 Å². The van der Waals surface area contributed by atoms with Gasteiger partial charge in [-0.25, -0.2) is 0 Å². The lowest BCUT2D eigenvalue weighted by Gasteiger charge is -2.06. The highest BCUT2D eigenvalue weighted by Crippen LogP contribution is 2.18. The van der Waals surface area contributed by atoms with Gasteiger partial charge in [0.1, 0.15) is 4.92 Å². The van der Waals surface area contributed by atoms with Crippen molar-refractivity contribution in [2.75, 3.05) is 10.6 Å². The van der Waals surface area contributed by atoms with Gasteiger partial charge in [-0.1, -0.05) is 6.92 Å². The SMILES string of the molecule is CCC(=O)Nc1ccc(NC(=O)c2ccc([N+](=O)[O-])o2)cc1. The molecule has 2 rings (SSSR count). The van der Waals surface area contributed by atoms with Gasteiger partial charge in [0.15, 0.2) is 5.76 Å². The molecule has 8 heteroatoms. The first-order chi connectivity index (χ1) is 10.5. The summed E-state index contributed by atoms with van der Waals surface area (Å²) in [4.78, 5) is 32.9. The molecule has 1 heterocycles. The fourth-order valence-corrected chi connectivity index (χ4v) is 1.63. The number of benzene rings is 1. The van der Waals surface area contributed by atoms with E-state index in [0.717, 1.165) is 6.07 Å². The van der Waals surface area contributed by atoms with Crippen LogP contribution in [0.1, 0.15) is 23.9 Å². The summed E-state index contributed by atoms with van der Waals surface area (Å²) in [6, 6.07) is 8.80. The molecule has 0 aliphatic carbocycles. The summed E-state index contributed by atoms with van der Waals surface area (Å²) in [5, 5.41) is 15.7. The molecule has 0 radical (unpaired) electrons. The number of rotatable bonds is 5. The van der Waals surface area contributed by atoms with Crippen molar-refractivity contribution in [3.63, 3.8) is 0 Å². The quantitative estimate of drug-likeness (QED) is 0.651. The average Bonchev–Trinajstić information content (AvgIpc) is 2.99. The molecule has 114 valence electrons. The Labute approximate surface area is 125 Å². The molecule has 0 fully saturated rings. The number of carbonyl (C=O) groups excluding carboxylic acids is 2. The van der Waals surface area contributed by atoms with E-state index in [2.05, 4.69) is 10.6 Å². The first-order valence-electron chi connectivity index (χ1n) is 6.45. The third-order valence-corrected chi connectivity index (χ3v) is 2.74. The molecule has 0 unspecified atom stereocenters. The Hall–Kier alpha value is -3.16. The lowest BCUT2D eigenvalue weighted by molar-refractivity contribution is -0.402. The molecule has 2 aromatic rings. The van der Waals surface area contributed by atoms with E-state index in [4.69, 9.17) is 4.42 Å². The zero-order chi connectivity index (χ0) is 16.1. The van der Waals surface area contributed by atoms with E-state index in [-0.39, 0.29) is 11.7 Å². The third-order valence-electron chi connectivity index (χ3n) is 2.74. The highest BCUT2D eigenvalue weighted by Gasteiger charge is 2.17. The summed E-state index contributed by atoms with van der Waals surface area (Å²) < 4.78 is 4.80. The van der Waals surface area contributed by atoms with Crippen LogP contribution in [0, 0.1) is 10.1 Å². The topological polar surface area (TPSA) is 114 Å². The molecule has 1 aromatic carbocycles. The first-order valence-corrected chi connectivity index (χ1v) is 6.45. The number of nitro groups is 1. The minimum atomic E-state index is -0.720. The normalized spacial score (nSPS) is 10.0. The summed E-state index contributed by atoms with van der Waals surface area (Å²) in [5.74, 6) is -1.36. The Morgan fingerprint density at radius 1 is 1.09 bits per heavy atom. The van der Waals surface area contributed by atoms with Crippen LogP contribution in [-0.2, 0) is 4.79 Å². The smallest absolute Gasteiger partial charge is 0.395 e. The van der Waals surface area contributed by atoms with Crippen LogP contribution in [0.3, 0.4) is 0 Å². The van der Waals surface area contributed by atoms with Gasteiger partial charge in [-0.2, -0.15) is 0 Å². The van der Waals surface area contributed by atoms with Crippen LogP contribution in [-0.4, -0.2) is 16.7 Å². The molecule has 2 N–H and O–H groups in total. The summed E-state index contributed by atoms with van der Waals surface area (Å²) in [7, 11) is 0. The third kappa shape index (κ3) is 3.69. The fourth-order valence-electron chi connectivity index (χ4n) is 1.63. The second-order valence-corrected chi connectivity index (χ2v) is 4.33. The molecular formula is C14H13N3O5. The van der Waals surface area contributed by atoms with Crippen molar-refractivity contribution in [3.05, 3.63) is 52.3 Å². The maximum Gasteiger partial charge on any atom is 0.433 e. The van der Waals surface area contributed by atoms with Crippen LogP contribution in [0.4, 0.5) is 17.3 Å². The molecule has 1 aromatic heterocycles. The Bertz CT molecular complexity index is 706. The van der Waals surface area contributed by atoms with Gasteiger partial charge in [-0.3, -0.25) is 19.7 Å². The molecule has 22 heavy (non-hydrogen) atoms. The van der Waals surface area contributed by atoms with Crippen LogP contribution in [0.15, 0.2) is 40.8 Å². The number of hydrogen-bond acceptors (Lipinski definition) is 5. The van der Waals surface area contributed by atoms with Crippen molar-refractivity contribution in [1.82, 2.24) is 0 Å². The minimum Gasteiger partial charge on any atom is -0.395 e. The van der Waals surface area contributed by atoms with Crippen LogP contribution < -0.4 is 10.6 Å². The Balaban J connectivity index is 2.02. The van der Waals surface area contributed by atoms with Crippen molar-refractivity contribution in [2.45, 2.75) is 13.3 Å². The summed E-state index contributed by atoms with van der Waals surface area (Å²) in [6.45, 7) is 1.74.